The number of unbranched alkanes of at least 4 members (excludes halogenated alkanes) is 1. The van der Waals surface area contributed by atoms with Crippen molar-refractivity contribution in [1.29, 1.82) is 0 Å². The van der Waals surface area contributed by atoms with E-state index in [1.807, 2.05) is 0 Å². The molecule has 164 valence electrons. The number of aromatic nitrogens is 4. The number of aliphatic hydroxyl groups is 1. The number of allylic oxidation sites excluding steroid dienone is 2. The lowest BCUT2D eigenvalue weighted by atomic mass is 10.1. The van der Waals surface area contributed by atoms with Gasteiger partial charge in [0.1, 0.15) is 36.7 Å². The number of nitro groups is 2. The fraction of sp³-hybridized carbons (Fsp3) is 0.389. The molecule has 0 radical (unpaired) electrons. The molecule has 2 aromatic rings. The van der Waals surface area contributed by atoms with Crippen LogP contribution in [0.25, 0.3) is 0 Å². The maximum Gasteiger partial charge on any atom is 0.312 e. The van der Waals surface area contributed by atoms with Gasteiger partial charge in [0.25, 0.3) is 0 Å². The van der Waals surface area contributed by atoms with Crippen molar-refractivity contribution in [2.24, 2.45) is 14.1 Å². The zero-order valence-electron chi connectivity index (χ0n) is 17.0. The van der Waals surface area contributed by atoms with E-state index in [0.717, 1.165) is 18.9 Å². The predicted molar refractivity (Wildman–Crippen MR) is 110 cm³/mol. The first-order valence-electron chi connectivity index (χ1n) is 8.82. The molecule has 2 rings (SSSR count). The van der Waals surface area contributed by atoms with Crippen LogP contribution in [0.5, 0.6) is 0 Å². The molecule has 0 spiro atoms. The van der Waals surface area contributed by atoms with Crippen molar-refractivity contribution >= 4 is 17.7 Å². The molecule has 0 saturated heterocycles. The Hall–Kier alpha value is -3.67. The standard InChI is InChI=1S/C9H13N3O3.C5H8O.C4H5N3O2/c1-3-4-5-8(13)9-7(12(14)15)6-10-11(9)2;1-2-3-4-5-6;1-6-3-4(2-5-6)7(8)9/h3,6,8,13H,1,4-5H2,2H3;2,5H,1,3-4H2;2-3H,1H3. The Bertz CT molecular complexity index is 836. The van der Waals surface area contributed by atoms with Crippen LogP contribution < -0.4 is 0 Å². The molecule has 0 fully saturated rings. The van der Waals surface area contributed by atoms with Crippen molar-refractivity contribution in [2.45, 2.75) is 31.8 Å². The van der Waals surface area contributed by atoms with Crippen molar-refractivity contribution in [2.75, 3.05) is 0 Å². The van der Waals surface area contributed by atoms with Crippen LogP contribution in [0, 0.1) is 20.2 Å². The number of rotatable bonds is 9. The minimum atomic E-state index is -0.879. The third-order valence-electron chi connectivity index (χ3n) is 3.51. The maximum absolute atomic E-state index is 10.6. The van der Waals surface area contributed by atoms with Gasteiger partial charge >= 0.3 is 11.4 Å². The number of aryl methyl sites for hydroxylation is 2. The summed E-state index contributed by atoms with van der Waals surface area (Å²) in [4.78, 5) is 29.1. The Morgan fingerprint density at radius 2 is 1.73 bits per heavy atom. The van der Waals surface area contributed by atoms with Crippen LogP contribution in [0.2, 0.25) is 0 Å². The van der Waals surface area contributed by atoms with Gasteiger partial charge in [-0.1, -0.05) is 12.2 Å². The van der Waals surface area contributed by atoms with Crippen LogP contribution in [0.3, 0.4) is 0 Å². The third-order valence-corrected chi connectivity index (χ3v) is 3.51. The Labute approximate surface area is 173 Å². The van der Waals surface area contributed by atoms with Crippen molar-refractivity contribution in [3.8, 4) is 0 Å². The number of hydrogen-bond donors (Lipinski definition) is 1. The number of hydrogen-bond acceptors (Lipinski definition) is 8. The van der Waals surface area contributed by atoms with E-state index in [1.54, 1.807) is 26.2 Å². The van der Waals surface area contributed by atoms with E-state index >= 15 is 0 Å². The molecule has 0 aliphatic carbocycles. The van der Waals surface area contributed by atoms with Gasteiger partial charge in [-0.2, -0.15) is 10.2 Å². The Balaban J connectivity index is 0.000000475. The minimum Gasteiger partial charge on any atom is -0.387 e. The predicted octanol–water partition coefficient (Wildman–Crippen LogP) is 2.81. The fourth-order valence-electron chi connectivity index (χ4n) is 2.06. The average Bonchev–Trinajstić information content (AvgIpc) is 3.31. The number of aliphatic hydroxyl groups excluding tert-OH is 1. The molecule has 0 aliphatic heterocycles. The zero-order valence-corrected chi connectivity index (χ0v) is 17.0. The summed E-state index contributed by atoms with van der Waals surface area (Å²) < 4.78 is 2.71. The minimum absolute atomic E-state index is 0.0255. The lowest BCUT2D eigenvalue weighted by Gasteiger charge is -2.08. The molecule has 0 bridgehead atoms. The second-order valence-corrected chi connectivity index (χ2v) is 5.84. The summed E-state index contributed by atoms with van der Waals surface area (Å²) in [6.45, 7) is 6.97. The summed E-state index contributed by atoms with van der Waals surface area (Å²) in [5, 5.41) is 37.7. The zero-order chi connectivity index (χ0) is 23.1. The lowest BCUT2D eigenvalue weighted by molar-refractivity contribution is -0.386. The molecule has 0 amide bonds. The molecule has 2 heterocycles. The van der Waals surface area contributed by atoms with Gasteiger partial charge in [-0.25, -0.2) is 0 Å². The van der Waals surface area contributed by atoms with Crippen LogP contribution in [-0.2, 0) is 18.9 Å². The van der Waals surface area contributed by atoms with Gasteiger partial charge < -0.3 is 9.90 Å². The first-order chi connectivity index (χ1) is 14.2. The molecular formula is C18H26N6O6. The van der Waals surface area contributed by atoms with Gasteiger partial charge in [0.05, 0.1) is 9.85 Å². The molecule has 0 saturated carbocycles. The normalized spacial score (nSPS) is 10.5. The van der Waals surface area contributed by atoms with Gasteiger partial charge in [0.15, 0.2) is 0 Å². The topological polar surface area (TPSA) is 159 Å². The SMILES string of the molecule is C=CCCC(O)c1c([N+](=O)[O-])cnn1C.C=CCCC=O.Cn1cc([N+](=O)[O-])cn1. The Morgan fingerprint density at radius 3 is 2.10 bits per heavy atom. The summed E-state index contributed by atoms with van der Waals surface area (Å²) >= 11 is 0. The highest BCUT2D eigenvalue weighted by atomic mass is 16.6. The van der Waals surface area contributed by atoms with Crippen molar-refractivity contribution in [3.05, 3.63) is 69.8 Å². The van der Waals surface area contributed by atoms with Crippen LogP contribution in [0.4, 0.5) is 11.4 Å². The third kappa shape index (κ3) is 9.50. The smallest absolute Gasteiger partial charge is 0.312 e. The van der Waals surface area contributed by atoms with E-state index in [4.69, 9.17) is 0 Å². The second-order valence-electron chi connectivity index (χ2n) is 5.84. The van der Waals surface area contributed by atoms with E-state index < -0.39 is 16.0 Å². The van der Waals surface area contributed by atoms with Gasteiger partial charge in [-0.3, -0.25) is 29.6 Å². The molecule has 1 atom stereocenters. The van der Waals surface area contributed by atoms with Gasteiger partial charge in [0.2, 0.25) is 0 Å². The van der Waals surface area contributed by atoms with Crippen molar-refractivity contribution < 1.29 is 19.7 Å². The average molecular weight is 422 g/mol. The summed E-state index contributed by atoms with van der Waals surface area (Å²) in [7, 11) is 3.20. The molecule has 12 nitrogen and oxygen atoms in total. The van der Waals surface area contributed by atoms with Gasteiger partial charge in [-0.05, 0) is 19.3 Å². The molecule has 12 heteroatoms. The first kappa shape index (κ1) is 26.3. The summed E-state index contributed by atoms with van der Waals surface area (Å²) in [5.41, 5.74) is 0.119. The van der Waals surface area contributed by atoms with Crippen molar-refractivity contribution in [1.82, 2.24) is 19.6 Å². The maximum atomic E-state index is 10.6. The van der Waals surface area contributed by atoms with E-state index in [0.29, 0.717) is 19.3 Å². The fourth-order valence-corrected chi connectivity index (χ4v) is 2.06. The van der Waals surface area contributed by atoms with E-state index in [-0.39, 0.29) is 17.1 Å². The van der Waals surface area contributed by atoms with Crippen LogP contribution in [0.1, 0.15) is 37.5 Å². The second kappa shape index (κ2) is 14.3. The molecule has 30 heavy (non-hydrogen) atoms. The Morgan fingerprint density at radius 1 is 1.10 bits per heavy atom. The van der Waals surface area contributed by atoms with Gasteiger partial charge in [-0.15, -0.1) is 13.2 Å². The molecule has 1 unspecified atom stereocenters. The number of aldehydes is 1. The van der Waals surface area contributed by atoms with E-state index in [1.165, 1.54) is 21.8 Å². The van der Waals surface area contributed by atoms with E-state index in [2.05, 4.69) is 23.4 Å². The summed E-state index contributed by atoms with van der Waals surface area (Å²) in [6, 6.07) is 0. The summed E-state index contributed by atoms with van der Waals surface area (Å²) in [6.07, 6.45) is 9.53. The number of carbonyl (C=O) groups excluding carboxylic acids is 1. The summed E-state index contributed by atoms with van der Waals surface area (Å²) in [5.74, 6) is 0. The molecule has 2 aromatic heterocycles. The lowest BCUT2D eigenvalue weighted by Crippen LogP contribution is -2.07. The largest absolute Gasteiger partial charge is 0.387 e. The molecule has 1 N–H and O–H groups in total. The van der Waals surface area contributed by atoms with Crippen LogP contribution in [0.15, 0.2) is 43.9 Å². The van der Waals surface area contributed by atoms with E-state index in [9.17, 15) is 30.1 Å². The number of carbonyl (C=O) groups is 1. The van der Waals surface area contributed by atoms with Crippen LogP contribution >= 0.6 is 0 Å². The first-order valence-corrected chi connectivity index (χ1v) is 8.82. The highest BCUT2D eigenvalue weighted by Crippen LogP contribution is 2.27. The monoisotopic (exact) mass is 422 g/mol. The highest BCUT2D eigenvalue weighted by Gasteiger charge is 2.24. The van der Waals surface area contributed by atoms with Crippen LogP contribution in [-0.4, -0.2) is 40.8 Å². The Kier molecular flexibility index (Phi) is 12.6. The molecular weight excluding hydrogens is 396 g/mol. The van der Waals surface area contributed by atoms with Gasteiger partial charge in [0, 0.05) is 20.5 Å². The van der Waals surface area contributed by atoms with Crippen molar-refractivity contribution in [3.63, 3.8) is 0 Å². The highest BCUT2D eigenvalue weighted by molar-refractivity contribution is 5.49. The molecule has 0 aromatic carbocycles. The molecule has 0 aliphatic rings. The quantitative estimate of drug-likeness (QED) is 0.212. The number of nitrogens with zero attached hydrogens (tertiary/aromatic N) is 6.